The van der Waals surface area contributed by atoms with Gasteiger partial charge in [-0.3, -0.25) is 0 Å². The first-order valence-electron chi connectivity index (χ1n) is 6.36. The summed E-state index contributed by atoms with van der Waals surface area (Å²) in [5.41, 5.74) is 1.30. The number of ether oxygens (including phenoxy) is 2. The SMILES string of the molecule is CCc1cccc(OCC2CNCC(C)O2)c1. The molecule has 3 heteroatoms. The Morgan fingerprint density at radius 2 is 2.29 bits per heavy atom. The Labute approximate surface area is 103 Å². The van der Waals surface area contributed by atoms with Crippen LogP contribution in [0.2, 0.25) is 0 Å². The van der Waals surface area contributed by atoms with Gasteiger partial charge < -0.3 is 14.8 Å². The van der Waals surface area contributed by atoms with Gasteiger partial charge in [0, 0.05) is 13.1 Å². The lowest BCUT2D eigenvalue weighted by Gasteiger charge is -2.28. The molecule has 1 aliphatic rings. The quantitative estimate of drug-likeness (QED) is 0.866. The van der Waals surface area contributed by atoms with Gasteiger partial charge in [-0.05, 0) is 31.0 Å². The molecule has 0 amide bonds. The molecule has 94 valence electrons. The first kappa shape index (κ1) is 12.4. The second-order valence-electron chi connectivity index (χ2n) is 4.54. The standard InChI is InChI=1S/C14H21NO2/c1-3-12-5-4-6-13(7-12)16-10-14-9-15-8-11(2)17-14/h4-7,11,14-15H,3,8-10H2,1-2H3. The van der Waals surface area contributed by atoms with Crippen LogP contribution in [0.4, 0.5) is 0 Å². The van der Waals surface area contributed by atoms with E-state index in [1.807, 2.05) is 12.1 Å². The van der Waals surface area contributed by atoms with Crippen molar-refractivity contribution in [2.75, 3.05) is 19.7 Å². The molecule has 2 unspecified atom stereocenters. The number of nitrogens with one attached hydrogen (secondary N) is 1. The van der Waals surface area contributed by atoms with Gasteiger partial charge in [-0.25, -0.2) is 0 Å². The second kappa shape index (κ2) is 6.03. The normalized spacial score (nSPS) is 24.6. The van der Waals surface area contributed by atoms with Crippen molar-refractivity contribution in [1.29, 1.82) is 0 Å². The molecule has 1 saturated heterocycles. The maximum Gasteiger partial charge on any atom is 0.119 e. The van der Waals surface area contributed by atoms with Crippen LogP contribution in [0.5, 0.6) is 5.75 Å². The van der Waals surface area contributed by atoms with Gasteiger partial charge in [-0.1, -0.05) is 19.1 Å². The molecule has 2 atom stereocenters. The third-order valence-electron chi connectivity index (χ3n) is 2.97. The predicted octanol–water partition coefficient (Wildman–Crippen LogP) is 2.00. The van der Waals surface area contributed by atoms with Crippen LogP contribution in [0.1, 0.15) is 19.4 Å². The highest BCUT2D eigenvalue weighted by Gasteiger charge is 2.19. The van der Waals surface area contributed by atoms with E-state index >= 15 is 0 Å². The summed E-state index contributed by atoms with van der Waals surface area (Å²) in [7, 11) is 0. The number of aryl methyl sites for hydroxylation is 1. The molecule has 2 rings (SSSR count). The Kier molecular flexibility index (Phi) is 4.40. The largest absolute Gasteiger partial charge is 0.491 e. The molecule has 0 radical (unpaired) electrons. The molecule has 1 aromatic carbocycles. The third kappa shape index (κ3) is 3.72. The van der Waals surface area contributed by atoms with E-state index in [0.29, 0.717) is 6.61 Å². The highest BCUT2D eigenvalue weighted by molar-refractivity contribution is 5.28. The molecule has 0 spiro atoms. The summed E-state index contributed by atoms with van der Waals surface area (Å²) in [6.07, 6.45) is 1.47. The van der Waals surface area contributed by atoms with Crippen molar-refractivity contribution in [1.82, 2.24) is 5.32 Å². The molecule has 3 nitrogen and oxygen atoms in total. The lowest BCUT2D eigenvalue weighted by atomic mass is 10.2. The molecule has 0 aromatic heterocycles. The van der Waals surface area contributed by atoms with E-state index in [0.717, 1.165) is 25.3 Å². The average Bonchev–Trinajstić information content (AvgIpc) is 2.37. The smallest absolute Gasteiger partial charge is 0.119 e. The van der Waals surface area contributed by atoms with Crippen molar-refractivity contribution < 1.29 is 9.47 Å². The number of rotatable bonds is 4. The van der Waals surface area contributed by atoms with Gasteiger partial charge in [-0.15, -0.1) is 0 Å². The maximum atomic E-state index is 5.78. The van der Waals surface area contributed by atoms with Crippen LogP contribution in [0.15, 0.2) is 24.3 Å². The zero-order chi connectivity index (χ0) is 12.1. The summed E-state index contributed by atoms with van der Waals surface area (Å²) in [5.74, 6) is 0.936. The van der Waals surface area contributed by atoms with Gasteiger partial charge in [0.2, 0.25) is 0 Å². The molecule has 1 N–H and O–H groups in total. The number of benzene rings is 1. The summed E-state index contributed by atoms with van der Waals surface area (Å²) in [5, 5.41) is 3.34. The van der Waals surface area contributed by atoms with E-state index in [2.05, 4.69) is 31.3 Å². The fraction of sp³-hybridized carbons (Fsp3) is 0.571. The van der Waals surface area contributed by atoms with Crippen LogP contribution in [0.25, 0.3) is 0 Å². The van der Waals surface area contributed by atoms with Crippen molar-refractivity contribution in [2.45, 2.75) is 32.5 Å². The summed E-state index contributed by atoms with van der Waals surface area (Å²) in [4.78, 5) is 0. The van der Waals surface area contributed by atoms with Gasteiger partial charge in [0.15, 0.2) is 0 Å². The minimum atomic E-state index is 0.157. The highest BCUT2D eigenvalue weighted by Crippen LogP contribution is 2.15. The summed E-state index contributed by atoms with van der Waals surface area (Å²) >= 11 is 0. The molecule has 0 saturated carbocycles. The van der Waals surface area contributed by atoms with E-state index in [-0.39, 0.29) is 12.2 Å². The Morgan fingerprint density at radius 1 is 1.41 bits per heavy atom. The zero-order valence-corrected chi connectivity index (χ0v) is 10.6. The average molecular weight is 235 g/mol. The lowest BCUT2D eigenvalue weighted by molar-refractivity contribution is -0.0470. The minimum absolute atomic E-state index is 0.157. The Hall–Kier alpha value is -1.06. The van der Waals surface area contributed by atoms with Gasteiger partial charge >= 0.3 is 0 Å². The molecule has 1 fully saturated rings. The molecule has 1 heterocycles. The van der Waals surface area contributed by atoms with E-state index in [9.17, 15) is 0 Å². The van der Waals surface area contributed by atoms with E-state index in [4.69, 9.17) is 9.47 Å². The van der Waals surface area contributed by atoms with Crippen molar-refractivity contribution in [3.05, 3.63) is 29.8 Å². The lowest BCUT2D eigenvalue weighted by Crippen LogP contribution is -2.45. The summed E-state index contributed by atoms with van der Waals surface area (Å²) in [6.45, 7) is 6.65. The van der Waals surface area contributed by atoms with Gasteiger partial charge in [-0.2, -0.15) is 0 Å². The predicted molar refractivity (Wildman–Crippen MR) is 68.5 cm³/mol. The minimum Gasteiger partial charge on any atom is -0.491 e. The number of hydrogen-bond acceptors (Lipinski definition) is 3. The third-order valence-corrected chi connectivity index (χ3v) is 2.97. The fourth-order valence-electron chi connectivity index (χ4n) is 2.01. The van der Waals surface area contributed by atoms with Gasteiger partial charge in [0.05, 0.1) is 6.10 Å². The van der Waals surface area contributed by atoms with Crippen LogP contribution >= 0.6 is 0 Å². The van der Waals surface area contributed by atoms with Crippen molar-refractivity contribution in [3.8, 4) is 5.75 Å². The Balaban J connectivity index is 1.84. The van der Waals surface area contributed by atoms with Crippen LogP contribution in [0.3, 0.4) is 0 Å². The highest BCUT2D eigenvalue weighted by atomic mass is 16.5. The van der Waals surface area contributed by atoms with Crippen LogP contribution in [-0.2, 0) is 11.2 Å². The Morgan fingerprint density at radius 3 is 3.06 bits per heavy atom. The second-order valence-corrected chi connectivity index (χ2v) is 4.54. The molecule has 17 heavy (non-hydrogen) atoms. The first-order valence-corrected chi connectivity index (χ1v) is 6.36. The van der Waals surface area contributed by atoms with Gasteiger partial charge in [0.1, 0.15) is 18.5 Å². The van der Waals surface area contributed by atoms with Crippen LogP contribution < -0.4 is 10.1 Å². The van der Waals surface area contributed by atoms with E-state index in [1.165, 1.54) is 5.56 Å². The zero-order valence-electron chi connectivity index (χ0n) is 10.6. The van der Waals surface area contributed by atoms with Crippen LogP contribution in [0, 0.1) is 0 Å². The topological polar surface area (TPSA) is 30.5 Å². The summed E-state index contributed by atoms with van der Waals surface area (Å²) in [6, 6.07) is 8.25. The van der Waals surface area contributed by atoms with Crippen molar-refractivity contribution in [2.24, 2.45) is 0 Å². The fourth-order valence-corrected chi connectivity index (χ4v) is 2.01. The molecular formula is C14H21NO2. The van der Waals surface area contributed by atoms with Crippen LogP contribution in [-0.4, -0.2) is 31.9 Å². The number of morpholine rings is 1. The number of hydrogen-bond donors (Lipinski definition) is 1. The molecule has 0 bridgehead atoms. The molecular weight excluding hydrogens is 214 g/mol. The molecule has 1 aromatic rings. The summed E-state index contributed by atoms with van der Waals surface area (Å²) < 4.78 is 11.5. The van der Waals surface area contributed by atoms with E-state index < -0.39 is 0 Å². The molecule has 0 aliphatic carbocycles. The molecule has 1 aliphatic heterocycles. The first-order chi connectivity index (χ1) is 8.28. The monoisotopic (exact) mass is 235 g/mol. The Bertz CT molecular complexity index is 354. The van der Waals surface area contributed by atoms with Crippen molar-refractivity contribution >= 4 is 0 Å². The van der Waals surface area contributed by atoms with Gasteiger partial charge in [0.25, 0.3) is 0 Å². The maximum absolute atomic E-state index is 5.78. The van der Waals surface area contributed by atoms with E-state index in [1.54, 1.807) is 0 Å². The van der Waals surface area contributed by atoms with Crippen molar-refractivity contribution in [3.63, 3.8) is 0 Å².